The number of hydrogen-bond acceptors (Lipinski definition) is 5. The molecular formula is C10H17N5O2. The summed E-state index contributed by atoms with van der Waals surface area (Å²) in [6.07, 6.45) is 3.07. The summed E-state index contributed by atoms with van der Waals surface area (Å²) in [6, 6.07) is 0.282. The second kappa shape index (κ2) is 5.13. The number of H-pyrrole nitrogens is 2. The second-order valence-electron chi connectivity index (χ2n) is 4.28. The SMILES string of the molecule is CN(c1n[nH]c(=O)[nH]c1=O)C1CCCNCC1. The minimum absolute atomic E-state index is 0.275. The molecule has 0 aliphatic carbocycles. The summed E-state index contributed by atoms with van der Waals surface area (Å²) in [6.45, 7) is 1.95. The van der Waals surface area contributed by atoms with Crippen molar-refractivity contribution in [3.8, 4) is 0 Å². The van der Waals surface area contributed by atoms with Gasteiger partial charge in [-0.15, -0.1) is 5.10 Å². The van der Waals surface area contributed by atoms with Gasteiger partial charge < -0.3 is 10.2 Å². The molecule has 0 radical (unpaired) electrons. The zero-order valence-corrected chi connectivity index (χ0v) is 9.82. The van der Waals surface area contributed by atoms with Crippen LogP contribution < -0.4 is 21.5 Å². The van der Waals surface area contributed by atoms with Gasteiger partial charge in [0, 0.05) is 13.1 Å². The molecule has 1 aliphatic rings. The molecule has 2 heterocycles. The molecule has 3 N–H and O–H groups in total. The molecule has 1 saturated heterocycles. The maximum atomic E-state index is 11.6. The van der Waals surface area contributed by atoms with Crippen LogP contribution in [0.3, 0.4) is 0 Å². The van der Waals surface area contributed by atoms with E-state index in [1.54, 1.807) is 0 Å². The lowest BCUT2D eigenvalue weighted by molar-refractivity contribution is 0.557. The first-order valence-electron chi connectivity index (χ1n) is 5.81. The van der Waals surface area contributed by atoms with E-state index in [0.29, 0.717) is 0 Å². The van der Waals surface area contributed by atoms with Crippen LogP contribution in [0.1, 0.15) is 19.3 Å². The van der Waals surface area contributed by atoms with E-state index in [2.05, 4.69) is 20.5 Å². The van der Waals surface area contributed by atoms with Crippen LogP contribution in [0.2, 0.25) is 0 Å². The molecule has 1 aromatic heterocycles. The minimum atomic E-state index is -0.574. The predicted octanol–water partition coefficient (Wildman–Crippen LogP) is -0.963. The van der Waals surface area contributed by atoms with Crippen molar-refractivity contribution in [1.82, 2.24) is 20.5 Å². The third-order valence-electron chi connectivity index (χ3n) is 3.12. The van der Waals surface area contributed by atoms with Crippen LogP contribution in [0, 0.1) is 0 Å². The number of anilines is 1. The van der Waals surface area contributed by atoms with Gasteiger partial charge in [-0.25, -0.2) is 9.89 Å². The summed E-state index contributed by atoms with van der Waals surface area (Å²) in [5, 5.41) is 9.38. The number of hydrogen-bond donors (Lipinski definition) is 3. The molecule has 1 aliphatic heterocycles. The third kappa shape index (κ3) is 2.73. The molecule has 94 valence electrons. The van der Waals surface area contributed by atoms with Gasteiger partial charge in [-0.05, 0) is 32.4 Å². The maximum Gasteiger partial charge on any atom is 0.342 e. The number of rotatable bonds is 2. The van der Waals surface area contributed by atoms with Crippen LogP contribution >= 0.6 is 0 Å². The van der Waals surface area contributed by atoms with Crippen LogP contribution in [0.15, 0.2) is 9.59 Å². The lowest BCUT2D eigenvalue weighted by Crippen LogP contribution is -2.39. The Kier molecular flexibility index (Phi) is 3.58. The molecule has 1 fully saturated rings. The first-order chi connectivity index (χ1) is 8.18. The van der Waals surface area contributed by atoms with E-state index in [9.17, 15) is 9.59 Å². The highest BCUT2D eigenvalue weighted by molar-refractivity contribution is 5.34. The van der Waals surface area contributed by atoms with Crippen molar-refractivity contribution >= 4 is 5.82 Å². The number of aromatic nitrogens is 3. The van der Waals surface area contributed by atoms with Crippen LogP contribution in [0.5, 0.6) is 0 Å². The Morgan fingerprint density at radius 1 is 1.29 bits per heavy atom. The Morgan fingerprint density at radius 2 is 2.12 bits per heavy atom. The molecule has 1 aromatic rings. The fourth-order valence-corrected chi connectivity index (χ4v) is 2.14. The summed E-state index contributed by atoms with van der Waals surface area (Å²) in [4.78, 5) is 26.5. The highest BCUT2D eigenvalue weighted by Crippen LogP contribution is 2.14. The van der Waals surface area contributed by atoms with Gasteiger partial charge in [-0.2, -0.15) is 0 Å². The van der Waals surface area contributed by atoms with Crippen LogP contribution in [-0.2, 0) is 0 Å². The van der Waals surface area contributed by atoms with Gasteiger partial charge in [-0.3, -0.25) is 9.78 Å². The van der Waals surface area contributed by atoms with Gasteiger partial charge in [0.15, 0.2) is 0 Å². The van der Waals surface area contributed by atoms with E-state index in [4.69, 9.17) is 0 Å². The summed E-state index contributed by atoms with van der Waals surface area (Å²) in [5.74, 6) is 0.275. The highest BCUT2D eigenvalue weighted by atomic mass is 16.2. The lowest BCUT2D eigenvalue weighted by Gasteiger charge is -2.26. The zero-order valence-electron chi connectivity index (χ0n) is 9.82. The second-order valence-corrected chi connectivity index (χ2v) is 4.28. The molecule has 0 aromatic carbocycles. The van der Waals surface area contributed by atoms with Crippen molar-refractivity contribution in [3.05, 3.63) is 20.8 Å². The Morgan fingerprint density at radius 3 is 2.88 bits per heavy atom. The molecule has 17 heavy (non-hydrogen) atoms. The number of nitrogens with one attached hydrogen (secondary N) is 3. The minimum Gasteiger partial charge on any atom is -0.351 e. The van der Waals surface area contributed by atoms with Crippen molar-refractivity contribution in [3.63, 3.8) is 0 Å². The monoisotopic (exact) mass is 239 g/mol. The average molecular weight is 239 g/mol. The Balaban J connectivity index is 2.20. The molecular weight excluding hydrogens is 222 g/mol. The molecule has 7 nitrogen and oxygen atoms in total. The smallest absolute Gasteiger partial charge is 0.342 e. The first-order valence-corrected chi connectivity index (χ1v) is 5.81. The summed E-state index contributed by atoms with van der Waals surface area (Å²) in [5.41, 5.74) is -1.01. The van der Waals surface area contributed by atoms with Crippen molar-refractivity contribution in [2.75, 3.05) is 25.0 Å². The van der Waals surface area contributed by atoms with Gasteiger partial charge >= 0.3 is 5.69 Å². The molecule has 0 bridgehead atoms. The molecule has 1 unspecified atom stereocenters. The maximum absolute atomic E-state index is 11.6. The predicted molar refractivity (Wildman–Crippen MR) is 64.4 cm³/mol. The summed E-state index contributed by atoms with van der Waals surface area (Å²) in [7, 11) is 1.84. The summed E-state index contributed by atoms with van der Waals surface area (Å²) < 4.78 is 0. The van der Waals surface area contributed by atoms with Crippen molar-refractivity contribution < 1.29 is 0 Å². The average Bonchev–Trinajstić information content (AvgIpc) is 2.56. The Bertz CT molecular complexity index is 472. The number of aromatic amines is 2. The van der Waals surface area contributed by atoms with Gasteiger partial charge in [0.2, 0.25) is 5.82 Å². The molecule has 2 rings (SSSR count). The van der Waals surface area contributed by atoms with E-state index in [-0.39, 0.29) is 11.9 Å². The van der Waals surface area contributed by atoms with Crippen molar-refractivity contribution in [2.45, 2.75) is 25.3 Å². The van der Waals surface area contributed by atoms with E-state index in [1.807, 2.05) is 11.9 Å². The van der Waals surface area contributed by atoms with Crippen LogP contribution in [0.4, 0.5) is 5.82 Å². The van der Waals surface area contributed by atoms with E-state index in [1.165, 1.54) is 0 Å². The van der Waals surface area contributed by atoms with Crippen molar-refractivity contribution in [1.29, 1.82) is 0 Å². The van der Waals surface area contributed by atoms with E-state index in [0.717, 1.165) is 32.4 Å². The van der Waals surface area contributed by atoms with Gasteiger partial charge in [0.1, 0.15) is 0 Å². The first kappa shape index (κ1) is 11.8. The van der Waals surface area contributed by atoms with E-state index < -0.39 is 11.2 Å². The molecule has 0 amide bonds. The summed E-state index contributed by atoms with van der Waals surface area (Å²) >= 11 is 0. The Hall–Kier alpha value is -1.63. The fourth-order valence-electron chi connectivity index (χ4n) is 2.14. The van der Waals surface area contributed by atoms with Crippen LogP contribution in [0.25, 0.3) is 0 Å². The fraction of sp³-hybridized carbons (Fsp3) is 0.700. The third-order valence-corrected chi connectivity index (χ3v) is 3.12. The normalized spacial score (nSPS) is 20.9. The highest BCUT2D eigenvalue weighted by Gasteiger charge is 2.20. The largest absolute Gasteiger partial charge is 0.351 e. The topological polar surface area (TPSA) is 93.9 Å². The lowest BCUT2D eigenvalue weighted by atomic mass is 10.1. The van der Waals surface area contributed by atoms with Gasteiger partial charge in [0.05, 0.1) is 0 Å². The van der Waals surface area contributed by atoms with Gasteiger partial charge in [-0.1, -0.05) is 0 Å². The van der Waals surface area contributed by atoms with Crippen molar-refractivity contribution in [2.24, 2.45) is 0 Å². The van der Waals surface area contributed by atoms with Crippen LogP contribution in [-0.4, -0.2) is 41.4 Å². The number of nitrogens with zero attached hydrogens (tertiary/aromatic N) is 2. The molecule has 0 saturated carbocycles. The quantitative estimate of drug-likeness (QED) is 0.618. The molecule has 0 spiro atoms. The van der Waals surface area contributed by atoms with E-state index >= 15 is 0 Å². The molecule has 7 heteroatoms. The Labute approximate surface area is 98.2 Å². The standard InChI is InChI=1S/C10H17N5O2/c1-15(7-3-2-5-11-6-4-7)8-9(16)12-10(17)14-13-8/h7,11H,2-6H2,1H3,(H2,12,14,16,17). The molecule has 1 atom stereocenters. The zero-order chi connectivity index (χ0) is 12.3. The van der Waals surface area contributed by atoms with Gasteiger partial charge in [0.25, 0.3) is 5.56 Å².